The predicted octanol–water partition coefficient (Wildman–Crippen LogP) is 1.45. The Morgan fingerprint density at radius 1 is 1.44 bits per heavy atom. The molecule has 2 N–H and O–H groups in total. The first-order valence-corrected chi connectivity index (χ1v) is 5.60. The molecule has 0 aliphatic heterocycles. The first kappa shape index (κ1) is 14.1. The first-order chi connectivity index (χ1) is 8.49. The summed E-state index contributed by atoms with van der Waals surface area (Å²) in [6, 6.07) is 4.90. The van der Waals surface area contributed by atoms with Crippen molar-refractivity contribution in [3.8, 4) is 11.8 Å². The standard InChI is InChI=1S/C13H12ClNO3/c1-9(16)15-6-2-3-10-4-5-12(14)7-11(10)8-13(17)18/h4-5,7H,6,8H2,1H3,(H,15,16)(H,17,18). The number of rotatable bonds is 3. The van der Waals surface area contributed by atoms with Crippen LogP contribution in [0.15, 0.2) is 18.2 Å². The summed E-state index contributed by atoms with van der Waals surface area (Å²) >= 11 is 5.81. The molecule has 0 fully saturated rings. The van der Waals surface area contributed by atoms with Crippen molar-refractivity contribution in [1.29, 1.82) is 0 Å². The number of amides is 1. The lowest BCUT2D eigenvalue weighted by Gasteiger charge is -2.02. The van der Waals surface area contributed by atoms with Gasteiger partial charge >= 0.3 is 5.97 Å². The number of halogens is 1. The van der Waals surface area contributed by atoms with Gasteiger partial charge in [-0.3, -0.25) is 9.59 Å². The first-order valence-electron chi connectivity index (χ1n) is 5.22. The van der Waals surface area contributed by atoms with Gasteiger partial charge in [0.1, 0.15) is 0 Å². The fourth-order valence-corrected chi connectivity index (χ4v) is 1.50. The third-order valence-electron chi connectivity index (χ3n) is 2.06. The number of carboxylic acid groups (broad SMARTS) is 1. The summed E-state index contributed by atoms with van der Waals surface area (Å²) < 4.78 is 0. The molecule has 1 aromatic carbocycles. The number of carboxylic acids is 1. The Kier molecular flexibility index (Phi) is 5.22. The summed E-state index contributed by atoms with van der Waals surface area (Å²) in [5, 5.41) is 11.8. The van der Waals surface area contributed by atoms with E-state index >= 15 is 0 Å². The lowest BCUT2D eigenvalue weighted by molar-refractivity contribution is -0.136. The molecule has 5 heteroatoms. The number of carbonyl (C=O) groups is 2. The molecule has 0 aromatic heterocycles. The van der Waals surface area contributed by atoms with Gasteiger partial charge in [0.15, 0.2) is 0 Å². The SMILES string of the molecule is CC(=O)NCC#Cc1ccc(Cl)cc1CC(=O)O. The van der Waals surface area contributed by atoms with Crippen molar-refractivity contribution in [2.24, 2.45) is 0 Å². The Labute approximate surface area is 110 Å². The fourth-order valence-electron chi connectivity index (χ4n) is 1.30. The van der Waals surface area contributed by atoms with Crippen molar-refractivity contribution in [1.82, 2.24) is 5.32 Å². The molecule has 18 heavy (non-hydrogen) atoms. The van der Waals surface area contributed by atoms with Crippen LogP contribution in [0.3, 0.4) is 0 Å². The number of benzene rings is 1. The predicted molar refractivity (Wildman–Crippen MR) is 68.4 cm³/mol. The van der Waals surface area contributed by atoms with Crippen LogP contribution >= 0.6 is 11.6 Å². The quantitative estimate of drug-likeness (QED) is 0.813. The highest BCUT2D eigenvalue weighted by Gasteiger charge is 2.06. The van der Waals surface area contributed by atoms with E-state index in [1.165, 1.54) is 6.92 Å². The maximum atomic E-state index is 10.7. The molecule has 1 amide bonds. The Hall–Kier alpha value is -1.99. The van der Waals surface area contributed by atoms with Crippen LogP contribution in [0.1, 0.15) is 18.1 Å². The topological polar surface area (TPSA) is 66.4 Å². The van der Waals surface area contributed by atoms with Gasteiger partial charge in [-0.1, -0.05) is 23.4 Å². The third-order valence-corrected chi connectivity index (χ3v) is 2.29. The Balaban J connectivity index is 2.86. The fraction of sp³-hybridized carbons (Fsp3) is 0.231. The van der Waals surface area contributed by atoms with Crippen LogP contribution in [0.4, 0.5) is 0 Å². The zero-order chi connectivity index (χ0) is 13.5. The van der Waals surface area contributed by atoms with E-state index in [4.69, 9.17) is 16.7 Å². The molecule has 0 saturated carbocycles. The lowest BCUT2D eigenvalue weighted by Crippen LogP contribution is -2.19. The number of carbonyl (C=O) groups excluding carboxylic acids is 1. The molecule has 4 nitrogen and oxygen atoms in total. The molecule has 94 valence electrons. The second-order valence-corrected chi connectivity index (χ2v) is 4.02. The highest BCUT2D eigenvalue weighted by Crippen LogP contribution is 2.16. The molecule has 1 aromatic rings. The molecule has 0 heterocycles. The normalized spacial score (nSPS) is 9.22. The van der Waals surface area contributed by atoms with Gasteiger partial charge in [0, 0.05) is 17.5 Å². The minimum absolute atomic E-state index is 0.134. The van der Waals surface area contributed by atoms with E-state index in [0.29, 0.717) is 16.1 Å². The van der Waals surface area contributed by atoms with Crippen LogP contribution in [0.25, 0.3) is 0 Å². The van der Waals surface area contributed by atoms with Gasteiger partial charge in [-0.05, 0) is 23.8 Å². The van der Waals surface area contributed by atoms with Gasteiger partial charge in [0.05, 0.1) is 13.0 Å². The molecular formula is C13H12ClNO3. The number of aliphatic carboxylic acids is 1. The van der Waals surface area contributed by atoms with Gasteiger partial charge in [-0.15, -0.1) is 0 Å². The van der Waals surface area contributed by atoms with E-state index < -0.39 is 5.97 Å². The zero-order valence-corrected chi connectivity index (χ0v) is 10.5. The Morgan fingerprint density at radius 3 is 2.78 bits per heavy atom. The third kappa shape index (κ3) is 4.89. The van der Waals surface area contributed by atoms with Crippen LogP contribution in [0.2, 0.25) is 5.02 Å². The summed E-state index contributed by atoms with van der Waals surface area (Å²) in [4.78, 5) is 21.3. The van der Waals surface area contributed by atoms with Crippen LogP contribution in [-0.4, -0.2) is 23.5 Å². The average Bonchev–Trinajstić information content (AvgIpc) is 2.25. The van der Waals surface area contributed by atoms with Crippen molar-refractivity contribution in [3.05, 3.63) is 34.3 Å². The lowest BCUT2D eigenvalue weighted by atomic mass is 10.1. The highest BCUT2D eigenvalue weighted by atomic mass is 35.5. The Morgan fingerprint density at radius 2 is 2.17 bits per heavy atom. The van der Waals surface area contributed by atoms with Crippen LogP contribution < -0.4 is 5.32 Å². The van der Waals surface area contributed by atoms with E-state index in [0.717, 1.165) is 0 Å². The second-order valence-electron chi connectivity index (χ2n) is 3.58. The van der Waals surface area contributed by atoms with Crippen molar-refractivity contribution >= 4 is 23.5 Å². The molecule has 0 atom stereocenters. The van der Waals surface area contributed by atoms with Crippen molar-refractivity contribution in [2.45, 2.75) is 13.3 Å². The van der Waals surface area contributed by atoms with Crippen LogP contribution in [-0.2, 0) is 16.0 Å². The van der Waals surface area contributed by atoms with Crippen LogP contribution in [0.5, 0.6) is 0 Å². The zero-order valence-electron chi connectivity index (χ0n) is 9.79. The van der Waals surface area contributed by atoms with E-state index in [9.17, 15) is 9.59 Å². The summed E-state index contributed by atoms with van der Waals surface area (Å²) in [6.07, 6.45) is -0.134. The largest absolute Gasteiger partial charge is 0.481 e. The molecule has 1 rings (SSSR count). The molecule has 0 unspecified atom stereocenters. The Bertz CT molecular complexity index is 529. The number of nitrogens with one attached hydrogen (secondary N) is 1. The molecule has 0 saturated heterocycles. The monoisotopic (exact) mass is 265 g/mol. The molecule has 0 aliphatic rings. The van der Waals surface area contributed by atoms with Crippen molar-refractivity contribution in [2.75, 3.05) is 6.54 Å². The minimum Gasteiger partial charge on any atom is -0.481 e. The van der Waals surface area contributed by atoms with E-state index in [1.54, 1.807) is 18.2 Å². The van der Waals surface area contributed by atoms with E-state index in [1.807, 2.05) is 0 Å². The maximum Gasteiger partial charge on any atom is 0.307 e. The van der Waals surface area contributed by atoms with Gasteiger partial charge in [0.25, 0.3) is 0 Å². The number of hydrogen-bond acceptors (Lipinski definition) is 2. The molecular weight excluding hydrogens is 254 g/mol. The van der Waals surface area contributed by atoms with E-state index in [-0.39, 0.29) is 18.9 Å². The highest BCUT2D eigenvalue weighted by molar-refractivity contribution is 6.30. The van der Waals surface area contributed by atoms with Crippen molar-refractivity contribution < 1.29 is 14.7 Å². The minimum atomic E-state index is -0.942. The molecule has 0 bridgehead atoms. The average molecular weight is 266 g/mol. The van der Waals surface area contributed by atoms with Gasteiger partial charge in [-0.25, -0.2) is 0 Å². The summed E-state index contributed by atoms with van der Waals surface area (Å²) in [5.74, 6) is 4.46. The van der Waals surface area contributed by atoms with Gasteiger partial charge in [-0.2, -0.15) is 0 Å². The van der Waals surface area contributed by atoms with Crippen molar-refractivity contribution in [3.63, 3.8) is 0 Å². The van der Waals surface area contributed by atoms with Crippen LogP contribution in [0, 0.1) is 11.8 Å². The molecule has 0 radical (unpaired) electrons. The molecule has 0 spiro atoms. The smallest absolute Gasteiger partial charge is 0.307 e. The maximum absolute atomic E-state index is 10.7. The van der Waals surface area contributed by atoms with Gasteiger partial charge < -0.3 is 10.4 Å². The van der Waals surface area contributed by atoms with E-state index in [2.05, 4.69) is 17.2 Å². The summed E-state index contributed by atoms with van der Waals surface area (Å²) in [5.41, 5.74) is 1.16. The number of hydrogen-bond donors (Lipinski definition) is 2. The second kappa shape index (κ2) is 6.67. The summed E-state index contributed by atoms with van der Waals surface area (Å²) in [7, 11) is 0. The molecule has 0 aliphatic carbocycles. The summed E-state index contributed by atoms with van der Waals surface area (Å²) in [6.45, 7) is 1.63. The van der Waals surface area contributed by atoms with Gasteiger partial charge in [0.2, 0.25) is 5.91 Å².